The van der Waals surface area contributed by atoms with Gasteiger partial charge in [-0.25, -0.2) is 4.79 Å². The van der Waals surface area contributed by atoms with E-state index in [1.165, 1.54) is 193 Å². The summed E-state index contributed by atoms with van der Waals surface area (Å²) in [5, 5.41) is 9.73. The number of carbonyl (C=O) groups is 3. The summed E-state index contributed by atoms with van der Waals surface area (Å²) in [6.07, 6.45) is 77.1. The number of carboxylic acids is 1. The number of aliphatic carboxylic acids is 1. The summed E-state index contributed by atoms with van der Waals surface area (Å²) in [4.78, 5) is 37.5. The maximum absolute atomic E-state index is 12.9. The molecule has 0 aromatic carbocycles. The number of nitrogens with zero attached hydrogens (tertiary/aromatic N) is 1. The van der Waals surface area contributed by atoms with Gasteiger partial charge in [0.15, 0.2) is 6.10 Å². The Morgan fingerprint density at radius 2 is 0.722 bits per heavy atom. The molecule has 0 aromatic heterocycles. The highest BCUT2D eigenvalue weighted by Gasteiger charge is 2.25. The second-order valence-corrected chi connectivity index (χ2v) is 23.4. The number of quaternary nitrogens is 1. The average molecular weight is 1110 g/mol. The van der Waals surface area contributed by atoms with Crippen LogP contribution >= 0.6 is 0 Å². The highest BCUT2D eigenvalue weighted by atomic mass is 16.7. The monoisotopic (exact) mass is 1110 g/mol. The van der Waals surface area contributed by atoms with Gasteiger partial charge in [-0.2, -0.15) is 0 Å². The van der Waals surface area contributed by atoms with E-state index in [4.69, 9.17) is 18.9 Å². The molecule has 9 heteroatoms. The van der Waals surface area contributed by atoms with E-state index in [0.717, 1.165) is 77.0 Å². The van der Waals surface area contributed by atoms with Crippen molar-refractivity contribution in [2.75, 3.05) is 47.5 Å². The van der Waals surface area contributed by atoms with Crippen LogP contribution in [0.5, 0.6) is 0 Å². The van der Waals surface area contributed by atoms with Crippen molar-refractivity contribution in [3.05, 3.63) is 72.9 Å². The summed E-state index contributed by atoms with van der Waals surface area (Å²) >= 11 is 0. The van der Waals surface area contributed by atoms with E-state index in [0.29, 0.717) is 17.4 Å². The summed E-state index contributed by atoms with van der Waals surface area (Å²) in [5.41, 5.74) is 0. The lowest BCUT2D eigenvalue weighted by Gasteiger charge is -2.25. The molecular formula is C70H126NO8+. The van der Waals surface area contributed by atoms with Crippen molar-refractivity contribution in [2.45, 2.75) is 309 Å². The Hall–Kier alpha value is -3.27. The molecule has 0 spiro atoms. The smallest absolute Gasteiger partial charge is 0.361 e. The SMILES string of the molecule is CC/C=C\C/C=C\C/C=C\C/C=C\C/C=C\C/C=C\CCCCCCCCCCCCCCCCCCC(=O)OC(COC(=O)CCCCCCCCCCCCCCCCCCCCC)COC(OCC[N+](C)(C)C)C(=O)O. The van der Waals surface area contributed by atoms with Gasteiger partial charge in [0.1, 0.15) is 13.2 Å². The van der Waals surface area contributed by atoms with E-state index < -0.39 is 24.3 Å². The lowest BCUT2D eigenvalue weighted by molar-refractivity contribution is -0.870. The van der Waals surface area contributed by atoms with Crippen LogP contribution < -0.4 is 0 Å². The molecule has 0 amide bonds. The Labute approximate surface area is 487 Å². The molecule has 0 saturated heterocycles. The summed E-state index contributed by atoms with van der Waals surface area (Å²) < 4.78 is 23.0. The number of allylic oxidation sites excluding steroid dienone is 12. The van der Waals surface area contributed by atoms with E-state index >= 15 is 0 Å². The maximum Gasteiger partial charge on any atom is 0.361 e. The molecule has 0 bridgehead atoms. The number of unbranched alkanes of at least 4 members (excludes halogenated alkanes) is 34. The lowest BCUT2D eigenvalue weighted by Crippen LogP contribution is -2.40. The van der Waals surface area contributed by atoms with Gasteiger partial charge in [-0.3, -0.25) is 9.59 Å². The van der Waals surface area contributed by atoms with Gasteiger partial charge in [-0.1, -0.05) is 292 Å². The van der Waals surface area contributed by atoms with Crippen molar-refractivity contribution < 1.29 is 42.9 Å². The number of hydrogen-bond donors (Lipinski definition) is 1. The van der Waals surface area contributed by atoms with Crippen LogP contribution in [0, 0.1) is 0 Å². The Morgan fingerprint density at radius 1 is 0.392 bits per heavy atom. The van der Waals surface area contributed by atoms with Gasteiger partial charge < -0.3 is 28.5 Å². The third-order valence-corrected chi connectivity index (χ3v) is 14.5. The van der Waals surface area contributed by atoms with Gasteiger partial charge in [0, 0.05) is 12.8 Å². The minimum absolute atomic E-state index is 0.179. The van der Waals surface area contributed by atoms with Crippen molar-refractivity contribution >= 4 is 17.9 Å². The van der Waals surface area contributed by atoms with Gasteiger partial charge >= 0.3 is 17.9 Å². The molecule has 2 unspecified atom stereocenters. The normalized spacial score (nSPS) is 13.2. The number of likely N-dealkylation sites (N-methyl/N-ethyl adjacent to an activating group) is 1. The molecule has 0 aliphatic carbocycles. The summed E-state index contributed by atoms with van der Waals surface area (Å²) in [6.45, 7) is 4.81. The number of rotatable bonds is 61. The summed E-state index contributed by atoms with van der Waals surface area (Å²) in [7, 11) is 5.98. The van der Waals surface area contributed by atoms with Crippen molar-refractivity contribution in [2.24, 2.45) is 0 Å². The first-order valence-electron chi connectivity index (χ1n) is 33.1. The number of esters is 2. The molecule has 0 aliphatic rings. The summed E-state index contributed by atoms with van der Waals surface area (Å²) in [6, 6.07) is 0. The number of ether oxygens (including phenoxy) is 4. The predicted octanol–water partition coefficient (Wildman–Crippen LogP) is 20.1. The van der Waals surface area contributed by atoms with Gasteiger partial charge in [0.25, 0.3) is 6.29 Å². The van der Waals surface area contributed by atoms with E-state index in [9.17, 15) is 19.5 Å². The van der Waals surface area contributed by atoms with Crippen LogP contribution in [0.4, 0.5) is 0 Å². The zero-order valence-corrected chi connectivity index (χ0v) is 52.3. The van der Waals surface area contributed by atoms with E-state index in [2.05, 4.69) is 86.8 Å². The molecule has 2 atom stereocenters. The third kappa shape index (κ3) is 62.2. The molecular weight excluding hydrogens is 983 g/mol. The topological polar surface area (TPSA) is 108 Å². The van der Waals surface area contributed by atoms with E-state index in [1.54, 1.807) is 0 Å². The zero-order valence-electron chi connectivity index (χ0n) is 52.3. The van der Waals surface area contributed by atoms with E-state index in [-0.39, 0.29) is 32.2 Å². The molecule has 0 aromatic rings. The third-order valence-electron chi connectivity index (χ3n) is 14.5. The Balaban J connectivity index is 4.09. The minimum atomic E-state index is -1.51. The molecule has 0 fully saturated rings. The molecule has 0 rings (SSSR count). The first-order chi connectivity index (χ1) is 38.6. The van der Waals surface area contributed by atoms with Crippen LogP contribution in [0.2, 0.25) is 0 Å². The molecule has 1 N–H and O–H groups in total. The fourth-order valence-corrected chi connectivity index (χ4v) is 9.43. The standard InChI is InChI=1S/C70H125NO8/c1-6-8-10-12-14-16-18-20-22-24-26-27-28-29-30-31-32-33-34-35-36-37-38-39-40-41-43-45-47-49-51-53-55-57-59-61-68(73)79-66(65-78-70(69(74)75)76-63-62-71(3,4)5)64-77-67(72)60-58-56-54-52-50-48-46-44-42-25-23-21-19-17-15-13-11-9-7-2/h8,10,14,16,20,22,26-27,29-30,32-33,66,70H,6-7,9,11-13,15,17-19,21,23-25,28,31,34-65H2,1-5H3/p+1/b10-8-,16-14-,22-20-,27-26-,30-29-,33-32-. The average Bonchev–Trinajstić information content (AvgIpc) is 3.42. The van der Waals surface area contributed by atoms with Crippen LogP contribution in [-0.4, -0.2) is 87.4 Å². The molecule has 0 heterocycles. The van der Waals surface area contributed by atoms with Crippen LogP contribution in [0.15, 0.2) is 72.9 Å². The van der Waals surface area contributed by atoms with Crippen LogP contribution in [0.1, 0.15) is 296 Å². The maximum atomic E-state index is 12.9. The second kappa shape index (κ2) is 60.8. The Bertz CT molecular complexity index is 1520. The highest BCUT2D eigenvalue weighted by molar-refractivity contribution is 5.71. The predicted molar refractivity (Wildman–Crippen MR) is 336 cm³/mol. The Morgan fingerprint density at radius 3 is 1.08 bits per heavy atom. The fourth-order valence-electron chi connectivity index (χ4n) is 9.43. The van der Waals surface area contributed by atoms with E-state index in [1.807, 2.05) is 21.1 Å². The highest BCUT2D eigenvalue weighted by Crippen LogP contribution is 2.18. The van der Waals surface area contributed by atoms with Crippen LogP contribution in [0.3, 0.4) is 0 Å². The van der Waals surface area contributed by atoms with Crippen molar-refractivity contribution in [3.63, 3.8) is 0 Å². The number of carboxylic acid groups (broad SMARTS) is 1. The summed E-state index contributed by atoms with van der Waals surface area (Å²) in [5.74, 6) is -1.99. The minimum Gasteiger partial charge on any atom is -0.477 e. The molecule has 9 nitrogen and oxygen atoms in total. The number of carbonyl (C=O) groups excluding carboxylic acids is 2. The lowest BCUT2D eigenvalue weighted by atomic mass is 10.0. The molecule has 0 aliphatic heterocycles. The zero-order chi connectivity index (χ0) is 57.6. The van der Waals surface area contributed by atoms with Gasteiger partial charge in [0.2, 0.25) is 0 Å². The van der Waals surface area contributed by atoms with Gasteiger partial charge in [-0.15, -0.1) is 0 Å². The van der Waals surface area contributed by atoms with Gasteiger partial charge in [0.05, 0.1) is 34.4 Å². The quantitative estimate of drug-likeness (QED) is 0.0211. The molecule has 0 saturated carbocycles. The first kappa shape index (κ1) is 75.7. The molecule has 0 radical (unpaired) electrons. The van der Waals surface area contributed by atoms with Crippen LogP contribution in [0.25, 0.3) is 0 Å². The molecule has 458 valence electrons. The van der Waals surface area contributed by atoms with Crippen molar-refractivity contribution in [1.29, 1.82) is 0 Å². The first-order valence-corrected chi connectivity index (χ1v) is 33.1. The largest absolute Gasteiger partial charge is 0.477 e. The number of hydrogen-bond acceptors (Lipinski definition) is 7. The Kier molecular flexibility index (Phi) is 58.3. The molecule has 79 heavy (non-hydrogen) atoms. The van der Waals surface area contributed by atoms with Crippen molar-refractivity contribution in [1.82, 2.24) is 0 Å². The van der Waals surface area contributed by atoms with Crippen molar-refractivity contribution in [3.8, 4) is 0 Å². The van der Waals surface area contributed by atoms with Crippen LogP contribution in [-0.2, 0) is 33.3 Å². The fraction of sp³-hybridized carbons (Fsp3) is 0.786. The van der Waals surface area contributed by atoms with Gasteiger partial charge in [-0.05, 0) is 64.2 Å². The second-order valence-electron chi connectivity index (χ2n) is 23.4.